The summed E-state index contributed by atoms with van der Waals surface area (Å²) in [6, 6.07) is 4.49. The summed E-state index contributed by atoms with van der Waals surface area (Å²) in [4.78, 5) is 11.3. The number of benzene rings is 1. The monoisotopic (exact) mass is 265 g/mol. The van der Waals surface area contributed by atoms with Crippen molar-refractivity contribution in [2.75, 3.05) is 6.54 Å². The highest BCUT2D eigenvalue weighted by Gasteiger charge is 2.15. The van der Waals surface area contributed by atoms with E-state index in [4.69, 9.17) is 4.74 Å². The van der Waals surface area contributed by atoms with Crippen LogP contribution in [0.2, 0.25) is 0 Å². The molecule has 1 rings (SSSR count). The molecule has 0 bridgehead atoms. The van der Waals surface area contributed by atoms with Gasteiger partial charge in [0, 0.05) is 6.54 Å². The van der Waals surface area contributed by atoms with Crippen LogP contribution in [-0.2, 0) is 4.74 Å². The molecule has 1 aromatic rings. The van der Waals surface area contributed by atoms with E-state index in [1.165, 1.54) is 18.2 Å². The fraction of sp³-hybridized carbons (Fsp3) is 0.357. The van der Waals surface area contributed by atoms with Gasteiger partial charge in [-0.3, -0.25) is 0 Å². The molecule has 0 heterocycles. The number of carbonyl (C=O) groups excluding carboxylic acids is 1. The van der Waals surface area contributed by atoms with Gasteiger partial charge in [-0.1, -0.05) is 12.1 Å². The third-order valence-corrected chi connectivity index (χ3v) is 2.11. The molecule has 5 heteroatoms. The predicted molar refractivity (Wildman–Crippen MR) is 73.0 cm³/mol. The van der Waals surface area contributed by atoms with Gasteiger partial charge in [0.2, 0.25) is 0 Å². The van der Waals surface area contributed by atoms with Gasteiger partial charge in [0.05, 0.1) is 5.56 Å². The Morgan fingerprint density at radius 1 is 1.32 bits per heavy atom. The number of hydrogen-bond donors (Lipinski definition) is 3. The van der Waals surface area contributed by atoms with Crippen LogP contribution in [0, 0.1) is 0 Å². The van der Waals surface area contributed by atoms with Crippen molar-refractivity contribution in [1.82, 2.24) is 5.32 Å². The molecule has 1 aromatic carbocycles. The molecule has 0 saturated heterocycles. The summed E-state index contributed by atoms with van der Waals surface area (Å²) in [5.41, 5.74) is -0.225. The summed E-state index contributed by atoms with van der Waals surface area (Å²) >= 11 is 0. The summed E-state index contributed by atoms with van der Waals surface area (Å²) in [5, 5.41) is 21.6. The second-order valence-electron chi connectivity index (χ2n) is 5.00. The van der Waals surface area contributed by atoms with E-state index in [2.05, 4.69) is 5.32 Å². The smallest absolute Gasteiger partial charge is 0.407 e. The maximum absolute atomic E-state index is 11.3. The number of nitrogens with one attached hydrogen (secondary N) is 1. The summed E-state index contributed by atoms with van der Waals surface area (Å²) in [6.07, 6.45) is 2.62. The fourth-order valence-electron chi connectivity index (χ4n) is 1.35. The minimum Gasteiger partial charge on any atom is -0.507 e. The molecule has 3 N–H and O–H groups in total. The molecule has 0 aliphatic heterocycles. The molecule has 0 saturated carbocycles. The molecule has 0 aliphatic rings. The van der Waals surface area contributed by atoms with Crippen molar-refractivity contribution in [3.05, 3.63) is 29.8 Å². The van der Waals surface area contributed by atoms with Crippen molar-refractivity contribution >= 4 is 12.2 Å². The largest absolute Gasteiger partial charge is 0.507 e. The number of alkyl carbamates (subject to hydrolysis) is 1. The molecule has 19 heavy (non-hydrogen) atoms. The van der Waals surface area contributed by atoms with E-state index >= 15 is 0 Å². The number of ether oxygens (including phenoxy) is 1. The number of phenolic OH excluding ortho intramolecular Hbond substituents is 2. The number of amides is 1. The quantitative estimate of drug-likeness (QED) is 0.785. The zero-order valence-electron chi connectivity index (χ0n) is 11.3. The van der Waals surface area contributed by atoms with E-state index in [0.29, 0.717) is 5.56 Å². The maximum atomic E-state index is 11.3. The van der Waals surface area contributed by atoms with Gasteiger partial charge in [-0.15, -0.1) is 0 Å². The Bertz CT molecular complexity index is 455. The van der Waals surface area contributed by atoms with Crippen LogP contribution in [0.5, 0.6) is 11.5 Å². The van der Waals surface area contributed by atoms with Crippen LogP contribution in [0.4, 0.5) is 4.79 Å². The zero-order chi connectivity index (χ0) is 14.5. The molecule has 104 valence electrons. The number of aromatic hydroxyl groups is 2. The number of hydrogen-bond acceptors (Lipinski definition) is 4. The molecule has 0 aromatic heterocycles. The molecule has 0 unspecified atom stereocenters. The van der Waals surface area contributed by atoms with E-state index in [-0.39, 0.29) is 18.0 Å². The van der Waals surface area contributed by atoms with Gasteiger partial charge in [0.25, 0.3) is 0 Å². The Kier molecular flexibility index (Phi) is 4.80. The predicted octanol–water partition coefficient (Wildman–Crippen LogP) is 2.64. The third kappa shape index (κ3) is 5.33. The summed E-state index contributed by atoms with van der Waals surface area (Å²) in [7, 11) is 0. The van der Waals surface area contributed by atoms with Crippen molar-refractivity contribution in [2.24, 2.45) is 0 Å². The van der Waals surface area contributed by atoms with Crippen molar-refractivity contribution in [1.29, 1.82) is 0 Å². The van der Waals surface area contributed by atoms with Crippen LogP contribution >= 0.6 is 0 Å². The van der Waals surface area contributed by atoms with Crippen LogP contribution in [0.15, 0.2) is 24.3 Å². The fourth-order valence-corrected chi connectivity index (χ4v) is 1.35. The first-order valence-corrected chi connectivity index (χ1v) is 5.94. The highest BCUT2D eigenvalue weighted by atomic mass is 16.6. The second kappa shape index (κ2) is 6.13. The van der Waals surface area contributed by atoms with Crippen molar-refractivity contribution in [3.8, 4) is 11.5 Å². The Morgan fingerprint density at radius 3 is 2.42 bits per heavy atom. The molecule has 0 spiro atoms. The summed E-state index contributed by atoms with van der Waals surface area (Å²) in [6.45, 7) is 5.58. The topological polar surface area (TPSA) is 78.8 Å². The number of phenols is 2. The van der Waals surface area contributed by atoms with Crippen molar-refractivity contribution in [2.45, 2.75) is 26.4 Å². The van der Waals surface area contributed by atoms with Gasteiger partial charge < -0.3 is 20.3 Å². The van der Waals surface area contributed by atoms with Gasteiger partial charge in [-0.25, -0.2) is 4.79 Å². The van der Waals surface area contributed by atoms with Crippen LogP contribution in [0.25, 0.3) is 6.08 Å². The molecule has 0 radical (unpaired) electrons. The van der Waals surface area contributed by atoms with Crippen molar-refractivity contribution in [3.63, 3.8) is 0 Å². The van der Waals surface area contributed by atoms with Gasteiger partial charge >= 0.3 is 6.09 Å². The van der Waals surface area contributed by atoms with E-state index in [1.54, 1.807) is 32.9 Å². The van der Waals surface area contributed by atoms with Crippen LogP contribution in [0.3, 0.4) is 0 Å². The summed E-state index contributed by atoms with van der Waals surface area (Å²) in [5.74, 6) is -0.0398. The lowest BCUT2D eigenvalue weighted by Gasteiger charge is -2.19. The lowest BCUT2D eigenvalue weighted by atomic mass is 10.1. The Balaban J connectivity index is 2.49. The van der Waals surface area contributed by atoms with E-state index < -0.39 is 11.7 Å². The van der Waals surface area contributed by atoms with Crippen LogP contribution in [-0.4, -0.2) is 28.5 Å². The Hall–Kier alpha value is -2.17. The molecular formula is C14H19NO4. The molecular weight excluding hydrogens is 246 g/mol. The molecule has 5 nitrogen and oxygen atoms in total. The maximum Gasteiger partial charge on any atom is 0.407 e. The average Bonchev–Trinajstić information content (AvgIpc) is 2.25. The van der Waals surface area contributed by atoms with E-state index in [1.807, 2.05) is 0 Å². The van der Waals surface area contributed by atoms with Gasteiger partial charge in [-0.2, -0.15) is 0 Å². The highest BCUT2D eigenvalue weighted by molar-refractivity contribution is 5.68. The van der Waals surface area contributed by atoms with Gasteiger partial charge in [0.15, 0.2) is 0 Å². The highest BCUT2D eigenvalue weighted by Crippen LogP contribution is 2.27. The lowest BCUT2D eigenvalue weighted by molar-refractivity contribution is 0.0534. The molecule has 0 atom stereocenters. The standard InChI is InChI=1S/C14H19NO4/c1-14(2,3)19-13(18)15-9-5-6-10-11(16)7-4-8-12(10)17/h4-8,16-17H,9H2,1-3H3,(H,15,18). The summed E-state index contributed by atoms with van der Waals surface area (Å²) < 4.78 is 5.05. The first-order valence-electron chi connectivity index (χ1n) is 5.94. The van der Waals surface area contributed by atoms with Crippen molar-refractivity contribution < 1.29 is 19.7 Å². The van der Waals surface area contributed by atoms with Gasteiger partial charge in [-0.05, 0) is 39.0 Å². The van der Waals surface area contributed by atoms with E-state index in [0.717, 1.165) is 0 Å². The van der Waals surface area contributed by atoms with E-state index in [9.17, 15) is 15.0 Å². The molecule has 0 aliphatic carbocycles. The normalized spacial score (nSPS) is 11.5. The molecule has 0 fully saturated rings. The lowest BCUT2D eigenvalue weighted by Crippen LogP contribution is -2.32. The van der Waals surface area contributed by atoms with Crippen LogP contribution in [0.1, 0.15) is 26.3 Å². The van der Waals surface area contributed by atoms with Gasteiger partial charge in [0.1, 0.15) is 17.1 Å². The number of carbonyl (C=O) groups is 1. The third-order valence-electron chi connectivity index (χ3n) is 2.11. The second-order valence-corrected chi connectivity index (χ2v) is 5.00. The Labute approximate surface area is 112 Å². The molecule has 1 amide bonds. The first kappa shape index (κ1) is 14.9. The Morgan fingerprint density at radius 2 is 1.89 bits per heavy atom. The average molecular weight is 265 g/mol. The minimum absolute atomic E-state index is 0.0199. The first-order chi connectivity index (χ1) is 8.79. The zero-order valence-corrected chi connectivity index (χ0v) is 11.3. The minimum atomic E-state index is -0.538. The SMILES string of the molecule is CC(C)(C)OC(=O)NCC=Cc1c(O)cccc1O. The number of rotatable bonds is 3. The van der Waals surface area contributed by atoms with Crippen LogP contribution < -0.4 is 5.32 Å².